The van der Waals surface area contributed by atoms with Crippen molar-refractivity contribution < 1.29 is 4.79 Å². The van der Waals surface area contributed by atoms with Crippen LogP contribution in [0.1, 0.15) is 26.7 Å². The fourth-order valence-electron chi connectivity index (χ4n) is 2.33. The van der Waals surface area contributed by atoms with Crippen LogP contribution in [0.15, 0.2) is 0 Å². The van der Waals surface area contributed by atoms with E-state index in [2.05, 4.69) is 18.7 Å². The largest absolute Gasteiger partial charge is 0.335 e. The van der Waals surface area contributed by atoms with Gasteiger partial charge >= 0.3 is 0 Å². The van der Waals surface area contributed by atoms with Crippen molar-refractivity contribution in [3.05, 3.63) is 0 Å². The van der Waals surface area contributed by atoms with E-state index in [0.717, 1.165) is 26.0 Å². The van der Waals surface area contributed by atoms with E-state index in [0.29, 0.717) is 6.04 Å². The van der Waals surface area contributed by atoms with Gasteiger partial charge in [0.1, 0.15) is 0 Å². The molecule has 0 atom stereocenters. The molecule has 2 fully saturated rings. The fourth-order valence-corrected chi connectivity index (χ4v) is 2.33. The molecule has 0 bridgehead atoms. The molecule has 0 aromatic carbocycles. The van der Waals surface area contributed by atoms with Crippen LogP contribution in [-0.2, 0) is 4.79 Å². The van der Waals surface area contributed by atoms with Gasteiger partial charge in [0, 0.05) is 25.7 Å². The summed E-state index contributed by atoms with van der Waals surface area (Å²) in [7, 11) is 0. The third-order valence-electron chi connectivity index (χ3n) is 3.56. The minimum atomic E-state index is 0.285. The van der Waals surface area contributed by atoms with Crippen molar-refractivity contribution in [1.82, 2.24) is 9.80 Å². The summed E-state index contributed by atoms with van der Waals surface area (Å²) < 4.78 is 0. The van der Waals surface area contributed by atoms with E-state index in [-0.39, 0.29) is 5.54 Å². The molecule has 13 heavy (non-hydrogen) atoms. The molecule has 2 heterocycles. The van der Waals surface area contributed by atoms with Gasteiger partial charge in [-0.05, 0) is 26.7 Å². The highest BCUT2D eigenvalue weighted by molar-refractivity contribution is 5.55. The second-order valence-corrected chi connectivity index (χ2v) is 4.59. The van der Waals surface area contributed by atoms with Gasteiger partial charge < -0.3 is 9.80 Å². The van der Waals surface area contributed by atoms with Crippen molar-refractivity contribution >= 4 is 6.41 Å². The summed E-state index contributed by atoms with van der Waals surface area (Å²) in [5.74, 6) is 0. The Kier molecular flexibility index (Phi) is 2.06. The lowest BCUT2D eigenvalue weighted by Crippen LogP contribution is -2.42. The predicted octanol–water partition coefficient (Wildman–Crippen LogP) is 0.701. The average molecular weight is 182 g/mol. The van der Waals surface area contributed by atoms with Gasteiger partial charge in [-0.2, -0.15) is 0 Å². The molecule has 1 amide bonds. The van der Waals surface area contributed by atoms with Gasteiger partial charge in [0.25, 0.3) is 0 Å². The zero-order valence-corrected chi connectivity index (χ0v) is 8.49. The molecule has 0 aromatic rings. The quantitative estimate of drug-likeness (QED) is 0.463. The first-order valence-corrected chi connectivity index (χ1v) is 5.14. The Balaban J connectivity index is 1.87. The van der Waals surface area contributed by atoms with Gasteiger partial charge in [0.15, 0.2) is 0 Å². The molecule has 1 spiro atoms. The van der Waals surface area contributed by atoms with Gasteiger partial charge in [-0.15, -0.1) is 0 Å². The maximum absolute atomic E-state index is 10.6. The lowest BCUT2D eigenvalue weighted by atomic mass is 9.96. The van der Waals surface area contributed by atoms with E-state index in [4.69, 9.17) is 0 Å². The van der Waals surface area contributed by atoms with Gasteiger partial charge in [0.2, 0.25) is 6.41 Å². The van der Waals surface area contributed by atoms with Crippen molar-refractivity contribution in [3.63, 3.8) is 0 Å². The highest BCUT2D eigenvalue weighted by atomic mass is 16.1. The Morgan fingerprint density at radius 3 is 2.31 bits per heavy atom. The van der Waals surface area contributed by atoms with E-state index in [1.807, 2.05) is 4.90 Å². The molecule has 3 nitrogen and oxygen atoms in total. The minimum Gasteiger partial charge on any atom is -0.335 e. The Bertz CT molecular complexity index is 207. The monoisotopic (exact) mass is 182 g/mol. The molecule has 2 rings (SSSR count). The summed E-state index contributed by atoms with van der Waals surface area (Å²) in [6.07, 6.45) is 3.35. The van der Waals surface area contributed by atoms with Gasteiger partial charge in [-0.1, -0.05) is 0 Å². The van der Waals surface area contributed by atoms with Gasteiger partial charge in [0.05, 0.1) is 5.54 Å². The predicted molar refractivity (Wildman–Crippen MR) is 51.4 cm³/mol. The number of nitrogens with zero attached hydrogens (tertiary/aromatic N) is 2. The van der Waals surface area contributed by atoms with E-state index in [9.17, 15) is 4.79 Å². The normalized spacial score (nSPS) is 26.8. The second kappa shape index (κ2) is 2.98. The SMILES string of the molecule is CC(C)N1CCC2(CC1)CN2C=O. The topological polar surface area (TPSA) is 23.3 Å². The molecule has 74 valence electrons. The molecule has 0 aliphatic carbocycles. The molecular formula is C10H18N2O. The first-order valence-electron chi connectivity index (χ1n) is 5.14. The third-order valence-corrected chi connectivity index (χ3v) is 3.56. The zero-order valence-electron chi connectivity index (χ0n) is 8.49. The third kappa shape index (κ3) is 1.46. The van der Waals surface area contributed by atoms with Crippen LogP contribution in [0.2, 0.25) is 0 Å². The molecule has 3 heteroatoms. The highest BCUT2D eigenvalue weighted by Crippen LogP contribution is 2.40. The molecule has 2 aliphatic rings. The van der Waals surface area contributed by atoms with Crippen LogP contribution in [0.25, 0.3) is 0 Å². The van der Waals surface area contributed by atoms with Crippen LogP contribution in [0.5, 0.6) is 0 Å². The van der Waals surface area contributed by atoms with Crippen molar-refractivity contribution in [3.8, 4) is 0 Å². The molecular weight excluding hydrogens is 164 g/mol. The molecule has 0 saturated carbocycles. The number of carbonyl (C=O) groups excluding carboxylic acids is 1. The standard InChI is InChI=1S/C10H18N2O/c1-9(2)11-5-3-10(4-6-11)7-12(10)8-13/h8-9H,3-7H2,1-2H3. The number of hydrogen-bond acceptors (Lipinski definition) is 2. The summed E-state index contributed by atoms with van der Waals surface area (Å²) in [6.45, 7) is 7.79. The summed E-state index contributed by atoms with van der Waals surface area (Å²) in [5, 5.41) is 0. The van der Waals surface area contributed by atoms with Crippen molar-refractivity contribution in [1.29, 1.82) is 0 Å². The Labute approximate surface area is 79.7 Å². The van der Waals surface area contributed by atoms with Crippen LogP contribution >= 0.6 is 0 Å². The smallest absolute Gasteiger partial charge is 0.210 e. The molecule has 2 aliphatic heterocycles. The van der Waals surface area contributed by atoms with Crippen LogP contribution in [0.4, 0.5) is 0 Å². The maximum atomic E-state index is 10.6. The number of rotatable bonds is 2. The van der Waals surface area contributed by atoms with Gasteiger partial charge in [-0.3, -0.25) is 4.79 Å². The average Bonchev–Trinajstić information content (AvgIpc) is 2.80. The Hall–Kier alpha value is -0.570. The number of piperidine rings is 1. The van der Waals surface area contributed by atoms with Crippen molar-refractivity contribution in [2.24, 2.45) is 0 Å². The summed E-state index contributed by atoms with van der Waals surface area (Å²) >= 11 is 0. The fraction of sp³-hybridized carbons (Fsp3) is 0.900. The van der Waals surface area contributed by atoms with Crippen LogP contribution in [0, 0.1) is 0 Å². The van der Waals surface area contributed by atoms with Crippen LogP contribution in [0.3, 0.4) is 0 Å². The maximum Gasteiger partial charge on any atom is 0.210 e. The molecule has 0 radical (unpaired) electrons. The van der Waals surface area contributed by atoms with E-state index < -0.39 is 0 Å². The first-order chi connectivity index (χ1) is 6.18. The number of carbonyl (C=O) groups is 1. The molecule has 0 N–H and O–H groups in total. The van der Waals surface area contributed by atoms with Crippen molar-refractivity contribution in [2.45, 2.75) is 38.3 Å². The van der Waals surface area contributed by atoms with Gasteiger partial charge in [-0.25, -0.2) is 0 Å². The Morgan fingerprint density at radius 2 is 1.92 bits per heavy atom. The molecule has 0 unspecified atom stereocenters. The number of amides is 1. The van der Waals surface area contributed by atoms with E-state index in [1.54, 1.807) is 0 Å². The summed E-state index contributed by atoms with van der Waals surface area (Å²) in [5.41, 5.74) is 0.285. The van der Waals surface area contributed by atoms with E-state index >= 15 is 0 Å². The van der Waals surface area contributed by atoms with Crippen molar-refractivity contribution in [2.75, 3.05) is 19.6 Å². The molecule has 2 saturated heterocycles. The summed E-state index contributed by atoms with van der Waals surface area (Å²) in [4.78, 5) is 15.0. The Morgan fingerprint density at radius 1 is 1.31 bits per heavy atom. The minimum absolute atomic E-state index is 0.285. The van der Waals surface area contributed by atoms with Crippen LogP contribution in [-0.4, -0.2) is 47.4 Å². The second-order valence-electron chi connectivity index (χ2n) is 4.59. The first kappa shape index (κ1) is 9.00. The summed E-state index contributed by atoms with van der Waals surface area (Å²) in [6, 6.07) is 0.654. The number of likely N-dealkylation sites (tertiary alicyclic amines) is 1. The van der Waals surface area contributed by atoms with Crippen LogP contribution < -0.4 is 0 Å². The van der Waals surface area contributed by atoms with E-state index in [1.165, 1.54) is 12.8 Å². The lowest BCUT2D eigenvalue weighted by molar-refractivity contribution is -0.114. The molecule has 0 aromatic heterocycles. The highest BCUT2D eigenvalue weighted by Gasteiger charge is 2.52. The lowest BCUT2D eigenvalue weighted by Gasteiger charge is -2.34. The zero-order chi connectivity index (χ0) is 9.47. The number of hydrogen-bond donors (Lipinski definition) is 0.